The second kappa shape index (κ2) is 4.55. The lowest BCUT2D eigenvalue weighted by Crippen LogP contribution is -2.01. The molecule has 2 aromatic rings. The van der Waals surface area contributed by atoms with Gasteiger partial charge in [0.05, 0.1) is 11.4 Å². The fourth-order valence-electron chi connectivity index (χ4n) is 1.29. The number of benzene rings is 1. The monoisotopic (exact) mass is 238 g/mol. The highest BCUT2D eigenvalue weighted by Crippen LogP contribution is 2.23. The zero-order chi connectivity index (χ0) is 10.7. The lowest BCUT2D eigenvalue weighted by Gasteiger charge is -2.08. The summed E-state index contributed by atoms with van der Waals surface area (Å²) >= 11 is 7.50. The molecule has 0 spiro atoms. The Morgan fingerprint density at radius 2 is 2.20 bits per heavy atom. The molecule has 3 N–H and O–H groups in total. The highest BCUT2D eigenvalue weighted by molar-refractivity contribution is 7.07. The average molecular weight is 239 g/mol. The predicted octanol–water partition coefficient (Wildman–Crippen LogP) is 3.60. The molecule has 0 aliphatic rings. The fourth-order valence-corrected chi connectivity index (χ4v) is 2.13. The van der Waals surface area contributed by atoms with Gasteiger partial charge >= 0.3 is 0 Å². The van der Waals surface area contributed by atoms with Gasteiger partial charge in [-0.05, 0) is 40.6 Å². The van der Waals surface area contributed by atoms with Crippen molar-refractivity contribution in [3.05, 3.63) is 45.6 Å². The Bertz CT molecular complexity index is 440. The van der Waals surface area contributed by atoms with E-state index >= 15 is 0 Å². The Hall–Kier alpha value is -1.19. The molecule has 2 rings (SSSR count). The van der Waals surface area contributed by atoms with Crippen LogP contribution in [0.2, 0.25) is 5.02 Å². The summed E-state index contributed by atoms with van der Waals surface area (Å²) in [6, 6.07) is 7.55. The molecule has 78 valence electrons. The molecule has 0 aliphatic carbocycles. The number of nitrogens with one attached hydrogen (secondary N) is 1. The van der Waals surface area contributed by atoms with Crippen LogP contribution in [0.15, 0.2) is 35.0 Å². The molecule has 0 radical (unpaired) electrons. The maximum absolute atomic E-state index is 5.82. The number of anilines is 2. The lowest BCUT2D eigenvalue weighted by molar-refractivity contribution is 1.17. The molecule has 1 aromatic heterocycles. The van der Waals surface area contributed by atoms with Crippen LogP contribution in [-0.2, 0) is 6.54 Å². The third kappa shape index (κ3) is 2.64. The van der Waals surface area contributed by atoms with Gasteiger partial charge in [-0.15, -0.1) is 0 Å². The molecule has 0 aliphatic heterocycles. The molecule has 4 heteroatoms. The van der Waals surface area contributed by atoms with Crippen LogP contribution < -0.4 is 11.1 Å². The second-order valence-electron chi connectivity index (χ2n) is 3.22. The van der Waals surface area contributed by atoms with Crippen molar-refractivity contribution in [3.63, 3.8) is 0 Å². The third-order valence-corrected chi connectivity index (χ3v) is 3.04. The second-order valence-corrected chi connectivity index (χ2v) is 4.43. The Morgan fingerprint density at radius 3 is 2.87 bits per heavy atom. The number of hydrogen-bond donors (Lipinski definition) is 2. The van der Waals surface area contributed by atoms with Gasteiger partial charge in [0, 0.05) is 11.6 Å². The summed E-state index contributed by atoms with van der Waals surface area (Å²) < 4.78 is 0. The number of rotatable bonds is 3. The van der Waals surface area contributed by atoms with Gasteiger partial charge in [0.15, 0.2) is 0 Å². The van der Waals surface area contributed by atoms with E-state index in [0.29, 0.717) is 10.7 Å². The Labute approximate surface area is 97.7 Å². The minimum Gasteiger partial charge on any atom is -0.397 e. The van der Waals surface area contributed by atoms with Crippen LogP contribution in [-0.4, -0.2) is 0 Å². The first-order valence-electron chi connectivity index (χ1n) is 4.55. The van der Waals surface area contributed by atoms with Crippen molar-refractivity contribution >= 4 is 34.3 Å². The van der Waals surface area contributed by atoms with E-state index in [1.807, 2.05) is 12.1 Å². The molecule has 15 heavy (non-hydrogen) atoms. The zero-order valence-corrected chi connectivity index (χ0v) is 9.61. The summed E-state index contributed by atoms with van der Waals surface area (Å²) in [7, 11) is 0. The van der Waals surface area contributed by atoms with Gasteiger partial charge in [-0.3, -0.25) is 0 Å². The van der Waals surface area contributed by atoms with E-state index in [4.69, 9.17) is 17.3 Å². The standard InChI is InChI=1S/C11H11ClN2S/c12-9-1-2-11(10(13)5-9)14-6-8-3-4-15-7-8/h1-5,7,14H,6,13H2. The van der Waals surface area contributed by atoms with Crippen LogP contribution in [0.4, 0.5) is 11.4 Å². The van der Waals surface area contributed by atoms with E-state index in [2.05, 4.69) is 22.1 Å². The van der Waals surface area contributed by atoms with Gasteiger partial charge in [0.1, 0.15) is 0 Å². The van der Waals surface area contributed by atoms with Crippen molar-refractivity contribution in [1.29, 1.82) is 0 Å². The van der Waals surface area contributed by atoms with Crippen LogP contribution >= 0.6 is 22.9 Å². The maximum Gasteiger partial charge on any atom is 0.0577 e. The van der Waals surface area contributed by atoms with Crippen LogP contribution in [0, 0.1) is 0 Å². The number of hydrogen-bond acceptors (Lipinski definition) is 3. The molecule has 2 nitrogen and oxygen atoms in total. The molecular weight excluding hydrogens is 228 g/mol. The summed E-state index contributed by atoms with van der Waals surface area (Å²) in [5.41, 5.74) is 8.68. The topological polar surface area (TPSA) is 38.0 Å². The Kier molecular flexibility index (Phi) is 3.14. The number of nitrogen functional groups attached to an aromatic ring is 1. The minimum atomic E-state index is 0.661. The van der Waals surface area contributed by atoms with E-state index in [-0.39, 0.29) is 0 Å². The quantitative estimate of drug-likeness (QED) is 0.802. The lowest BCUT2D eigenvalue weighted by atomic mass is 10.2. The molecule has 0 amide bonds. The normalized spacial score (nSPS) is 10.2. The summed E-state index contributed by atoms with van der Waals surface area (Å²) in [6.45, 7) is 0.787. The van der Waals surface area contributed by atoms with Crippen LogP contribution in [0.3, 0.4) is 0 Å². The first-order chi connectivity index (χ1) is 7.25. The van der Waals surface area contributed by atoms with E-state index < -0.39 is 0 Å². The molecule has 1 heterocycles. The van der Waals surface area contributed by atoms with Gasteiger partial charge in [-0.1, -0.05) is 11.6 Å². The number of thiophene rings is 1. The number of halogens is 1. The molecule has 0 bridgehead atoms. The van der Waals surface area contributed by atoms with Crippen molar-refractivity contribution in [2.24, 2.45) is 0 Å². The van der Waals surface area contributed by atoms with E-state index in [1.165, 1.54) is 5.56 Å². The van der Waals surface area contributed by atoms with Crippen LogP contribution in [0.25, 0.3) is 0 Å². The molecule has 0 fully saturated rings. The summed E-state index contributed by atoms with van der Waals surface area (Å²) in [5.74, 6) is 0. The van der Waals surface area contributed by atoms with Crippen molar-refractivity contribution in [3.8, 4) is 0 Å². The average Bonchev–Trinajstić information content (AvgIpc) is 2.69. The highest BCUT2D eigenvalue weighted by atomic mass is 35.5. The molecular formula is C11H11ClN2S. The van der Waals surface area contributed by atoms with E-state index in [1.54, 1.807) is 17.4 Å². The Balaban J connectivity index is 2.05. The van der Waals surface area contributed by atoms with Crippen molar-refractivity contribution in [1.82, 2.24) is 0 Å². The van der Waals surface area contributed by atoms with Gasteiger partial charge in [0.2, 0.25) is 0 Å². The first kappa shape index (κ1) is 10.3. The SMILES string of the molecule is Nc1cc(Cl)ccc1NCc1ccsc1. The summed E-state index contributed by atoms with van der Waals surface area (Å²) in [5, 5.41) is 8.09. The van der Waals surface area contributed by atoms with Crippen molar-refractivity contribution in [2.75, 3.05) is 11.1 Å². The maximum atomic E-state index is 5.82. The summed E-state index contributed by atoms with van der Waals surface area (Å²) in [6.07, 6.45) is 0. The molecule has 0 unspecified atom stereocenters. The largest absolute Gasteiger partial charge is 0.397 e. The number of nitrogens with two attached hydrogens (primary N) is 1. The third-order valence-electron chi connectivity index (χ3n) is 2.08. The van der Waals surface area contributed by atoms with Crippen LogP contribution in [0.5, 0.6) is 0 Å². The first-order valence-corrected chi connectivity index (χ1v) is 5.88. The minimum absolute atomic E-state index is 0.661. The smallest absolute Gasteiger partial charge is 0.0577 e. The molecule has 1 aromatic carbocycles. The van der Waals surface area contributed by atoms with Gasteiger partial charge in [-0.2, -0.15) is 11.3 Å². The summed E-state index contributed by atoms with van der Waals surface area (Å²) in [4.78, 5) is 0. The van der Waals surface area contributed by atoms with Crippen molar-refractivity contribution in [2.45, 2.75) is 6.54 Å². The van der Waals surface area contributed by atoms with E-state index in [9.17, 15) is 0 Å². The van der Waals surface area contributed by atoms with Gasteiger partial charge < -0.3 is 11.1 Å². The van der Waals surface area contributed by atoms with Crippen molar-refractivity contribution < 1.29 is 0 Å². The van der Waals surface area contributed by atoms with E-state index in [0.717, 1.165) is 12.2 Å². The zero-order valence-electron chi connectivity index (χ0n) is 8.03. The highest BCUT2D eigenvalue weighted by Gasteiger charge is 1.99. The van der Waals surface area contributed by atoms with Crippen LogP contribution in [0.1, 0.15) is 5.56 Å². The Morgan fingerprint density at radius 1 is 1.33 bits per heavy atom. The predicted molar refractivity (Wildman–Crippen MR) is 67.5 cm³/mol. The van der Waals surface area contributed by atoms with Gasteiger partial charge in [0.25, 0.3) is 0 Å². The van der Waals surface area contributed by atoms with Gasteiger partial charge in [-0.25, -0.2) is 0 Å². The fraction of sp³-hybridized carbons (Fsp3) is 0.0909. The molecule has 0 saturated heterocycles. The molecule has 0 saturated carbocycles. The molecule has 0 atom stereocenters.